The zero-order valence-electron chi connectivity index (χ0n) is 18.9. The molecule has 0 aromatic heterocycles. The highest BCUT2D eigenvalue weighted by molar-refractivity contribution is 5.79. The van der Waals surface area contributed by atoms with E-state index in [0.717, 1.165) is 40.8 Å². The summed E-state index contributed by atoms with van der Waals surface area (Å²) in [5.41, 5.74) is 4.38. The maximum absolute atomic E-state index is 12.4. The molecule has 2 aromatic carbocycles. The van der Waals surface area contributed by atoms with E-state index in [2.05, 4.69) is 11.4 Å². The Hall–Kier alpha value is -3.02. The van der Waals surface area contributed by atoms with E-state index in [4.69, 9.17) is 9.47 Å². The van der Waals surface area contributed by atoms with Gasteiger partial charge in [0.1, 0.15) is 11.5 Å². The molecule has 0 unspecified atom stereocenters. The van der Waals surface area contributed by atoms with Crippen molar-refractivity contribution >= 4 is 11.8 Å². The van der Waals surface area contributed by atoms with Crippen LogP contribution in [0.25, 0.3) is 0 Å². The molecule has 166 valence electrons. The van der Waals surface area contributed by atoms with E-state index in [1.165, 1.54) is 0 Å². The summed E-state index contributed by atoms with van der Waals surface area (Å²) in [5.74, 6) is 1.32. The van der Waals surface area contributed by atoms with Gasteiger partial charge < -0.3 is 19.7 Å². The highest BCUT2D eigenvalue weighted by Gasteiger charge is 2.24. The van der Waals surface area contributed by atoms with Gasteiger partial charge in [-0.15, -0.1) is 0 Å². The Labute approximate surface area is 184 Å². The van der Waals surface area contributed by atoms with Crippen LogP contribution in [-0.2, 0) is 9.59 Å². The number of hydrogen-bond acceptors (Lipinski definition) is 4. The van der Waals surface area contributed by atoms with Crippen molar-refractivity contribution in [3.63, 3.8) is 0 Å². The number of ether oxygens (including phenoxy) is 2. The predicted molar refractivity (Wildman–Crippen MR) is 121 cm³/mol. The van der Waals surface area contributed by atoms with E-state index in [1.807, 2.05) is 58.0 Å². The van der Waals surface area contributed by atoms with Crippen LogP contribution in [0, 0.1) is 27.7 Å². The van der Waals surface area contributed by atoms with Crippen LogP contribution in [-0.4, -0.2) is 49.1 Å². The summed E-state index contributed by atoms with van der Waals surface area (Å²) in [5, 5.41) is 3.03. The van der Waals surface area contributed by atoms with Crippen LogP contribution >= 0.6 is 0 Å². The Kier molecular flexibility index (Phi) is 7.55. The molecule has 0 spiro atoms. The standard InChI is InChI=1S/C25H32N2O4/c1-17-5-9-22(10-6-17)30-16-24(29)27-13-11-21(12-14-27)26-23(28)15-31-25-19(3)8-7-18(2)20(25)4/h5-10,21H,11-16H2,1-4H3,(H,26,28). The van der Waals surface area contributed by atoms with Crippen LogP contribution in [0.2, 0.25) is 0 Å². The van der Waals surface area contributed by atoms with Crippen molar-refractivity contribution in [3.05, 3.63) is 58.7 Å². The summed E-state index contributed by atoms with van der Waals surface area (Å²) in [6, 6.07) is 11.8. The summed E-state index contributed by atoms with van der Waals surface area (Å²) in [6.45, 7) is 9.27. The van der Waals surface area contributed by atoms with Gasteiger partial charge in [-0.1, -0.05) is 29.8 Å². The highest BCUT2D eigenvalue weighted by Crippen LogP contribution is 2.25. The second-order valence-electron chi connectivity index (χ2n) is 8.27. The van der Waals surface area contributed by atoms with E-state index in [-0.39, 0.29) is 31.1 Å². The number of amides is 2. The lowest BCUT2D eigenvalue weighted by Gasteiger charge is -2.32. The van der Waals surface area contributed by atoms with Crippen molar-refractivity contribution in [2.45, 2.75) is 46.6 Å². The fourth-order valence-corrected chi connectivity index (χ4v) is 3.70. The monoisotopic (exact) mass is 424 g/mol. The smallest absolute Gasteiger partial charge is 0.260 e. The molecule has 1 N–H and O–H groups in total. The zero-order valence-corrected chi connectivity index (χ0v) is 18.9. The number of benzene rings is 2. The summed E-state index contributed by atoms with van der Waals surface area (Å²) in [4.78, 5) is 26.6. The number of carbonyl (C=O) groups is 2. The van der Waals surface area contributed by atoms with Gasteiger partial charge in [-0.2, -0.15) is 0 Å². The van der Waals surface area contributed by atoms with Gasteiger partial charge in [0, 0.05) is 19.1 Å². The second kappa shape index (κ2) is 10.3. The van der Waals surface area contributed by atoms with Crippen molar-refractivity contribution in [1.82, 2.24) is 10.2 Å². The first kappa shape index (κ1) is 22.7. The van der Waals surface area contributed by atoms with Crippen molar-refractivity contribution in [2.24, 2.45) is 0 Å². The van der Waals surface area contributed by atoms with Crippen LogP contribution in [0.3, 0.4) is 0 Å². The third-order valence-corrected chi connectivity index (χ3v) is 5.82. The summed E-state index contributed by atoms with van der Waals surface area (Å²) >= 11 is 0. The van der Waals surface area contributed by atoms with Gasteiger partial charge in [0.05, 0.1) is 0 Å². The average Bonchev–Trinajstić information content (AvgIpc) is 2.76. The molecule has 0 radical (unpaired) electrons. The van der Waals surface area contributed by atoms with Crippen molar-refractivity contribution < 1.29 is 19.1 Å². The largest absolute Gasteiger partial charge is 0.484 e. The van der Waals surface area contributed by atoms with Crippen molar-refractivity contribution in [2.75, 3.05) is 26.3 Å². The highest BCUT2D eigenvalue weighted by atomic mass is 16.5. The maximum Gasteiger partial charge on any atom is 0.260 e. The molecule has 3 rings (SSSR count). The Bertz CT molecular complexity index is 916. The molecule has 0 bridgehead atoms. The number of likely N-dealkylation sites (tertiary alicyclic amines) is 1. The Morgan fingerprint density at radius 3 is 2.23 bits per heavy atom. The van der Waals surface area contributed by atoms with Crippen LogP contribution in [0.5, 0.6) is 11.5 Å². The first-order chi connectivity index (χ1) is 14.8. The third kappa shape index (κ3) is 6.23. The van der Waals surface area contributed by atoms with E-state index in [1.54, 1.807) is 4.90 Å². The molecular formula is C25H32N2O4. The molecule has 0 atom stereocenters. The van der Waals surface area contributed by atoms with Gasteiger partial charge in [-0.25, -0.2) is 0 Å². The lowest BCUT2D eigenvalue weighted by molar-refractivity contribution is -0.134. The van der Waals surface area contributed by atoms with Crippen molar-refractivity contribution in [1.29, 1.82) is 0 Å². The number of carbonyl (C=O) groups excluding carboxylic acids is 2. The molecule has 1 fully saturated rings. The molecular weight excluding hydrogens is 392 g/mol. The average molecular weight is 425 g/mol. The van der Waals surface area contributed by atoms with Gasteiger partial charge in [0.15, 0.2) is 13.2 Å². The molecule has 0 aliphatic carbocycles. The first-order valence-electron chi connectivity index (χ1n) is 10.8. The first-order valence-corrected chi connectivity index (χ1v) is 10.8. The number of nitrogens with one attached hydrogen (secondary N) is 1. The molecule has 1 heterocycles. The molecule has 2 amide bonds. The molecule has 2 aromatic rings. The number of aryl methyl sites for hydroxylation is 3. The van der Waals surface area contributed by atoms with Gasteiger partial charge in [0.25, 0.3) is 11.8 Å². The Morgan fingerprint density at radius 2 is 1.55 bits per heavy atom. The van der Waals surface area contributed by atoms with Crippen LogP contribution in [0.4, 0.5) is 0 Å². The molecule has 1 aliphatic rings. The van der Waals surface area contributed by atoms with Crippen molar-refractivity contribution in [3.8, 4) is 11.5 Å². The number of rotatable bonds is 7. The number of nitrogens with zero attached hydrogens (tertiary/aromatic N) is 1. The predicted octanol–water partition coefficient (Wildman–Crippen LogP) is 3.49. The van der Waals surface area contributed by atoms with Crippen LogP contribution in [0.1, 0.15) is 35.1 Å². The number of hydrogen-bond donors (Lipinski definition) is 1. The lowest BCUT2D eigenvalue weighted by Crippen LogP contribution is -2.48. The summed E-state index contributed by atoms with van der Waals surface area (Å²) < 4.78 is 11.4. The minimum absolute atomic E-state index is 0.00529. The minimum atomic E-state index is -0.132. The van der Waals surface area contributed by atoms with E-state index in [9.17, 15) is 9.59 Å². The molecule has 31 heavy (non-hydrogen) atoms. The van der Waals surface area contributed by atoms with E-state index < -0.39 is 0 Å². The van der Waals surface area contributed by atoms with E-state index in [0.29, 0.717) is 18.8 Å². The molecule has 6 heteroatoms. The molecule has 1 aliphatic heterocycles. The maximum atomic E-state index is 12.4. The van der Waals surface area contributed by atoms with Gasteiger partial charge in [-0.3, -0.25) is 9.59 Å². The summed E-state index contributed by atoms with van der Waals surface area (Å²) in [7, 11) is 0. The third-order valence-electron chi connectivity index (χ3n) is 5.82. The van der Waals surface area contributed by atoms with Gasteiger partial charge >= 0.3 is 0 Å². The fourth-order valence-electron chi connectivity index (χ4n) is 3.70. The van der Waals surface area contributed by atoms with Gasteiger partial charge in [-0.05, 0) is 69.4 Å². The number of piperidine rings is 1. The minimum Gasteiger partial charge on any atom is -0.484 e. The summed E-state index contributed by atoms with van der Waals surface area (Å²) in [6.07, 6.45) is 1.45. The Balaban J connectivity index is 1.39. The van der Waals surface area contributed by atoms with E-state index >= 15 is 0 Å². The molecule has 0 saturated carbocycles. The zero-order chi connectivity index (χ0) is 22.4. The van der Waals surface area contributed by atoms with Crippen LogP contribution in [0.15, 0.2) is 36.4 Å². The molecule has 6 nitrogen and oxygen atoms in total. The quantitative estimate of drug-likeness (QED) is 0.739. The fraction of sp³-hybridized carbons (Fsp3) is 0.440. The second-order valence-corrected chi connectivity index (χ2v) is 8.27. The van der Waals surface area contributed by atoms with Crippen LogP contribution < -0.4 is 14.8 Å². The molecule has 1 saturated heterocycles. The Morgan fingerprint density at radius 1 is 0.903 bits per heavy atom. The topological polar surface area (TPSA) is 67.9 Å². The normalized spacial score (nSPS) is 14.3. The SMILES string of the molecule is Cc1ccc(OCC(=O)N2CCC(NC(=O)COc3c(C)ccc(C)c3C)CC2)cc1. The van der Waals surface area contributed by atoms with Gasteiger partial charge in [0.2, 0.25) is 0 Å². The lowest BCUT2D eigenvalue weighted by atomic mass is 10.0.